The molecule has 2 N–H and O–H groups in total. The molecule has 2 rings (SSSR count). The summed E-state index contributed by atoms with van der Waals surface area (Å²) in [4.78, 5) is 24.8. The smallest absolute Gasteiger partial charge is 0.273 e. The van der Waals surface area contributed by atoms with Crippen LogP contribution in [0, 0.1) is 5.92 Å². The van der Waals surface area contributed by atoms with Crippen molar-refractivity contribution in [2.24, 2.45) is 5.92 Å². The molecule has 0 radical (unpaired) electrons. The molecule has 1 aromatic carbocycles. The normalized spacial score (nSPS) is 10.6. The Bertz CT molecular complexity index is 735. The van der Waals surface area contributed by atoms with Crippen LogP contribution < -0.4 is 15.4 Å². The Hall–Kier alpha value is -2.83. The Morgan fingerprint density at radius 3 is 2.44 bits per heavy atom. The van der Waals surface area contributed by atoms with Crippen molar-refractivity contribution in [2.45, 2.75) is 27.3 Å². The maximum absolute atomic E-state index is 12.4. The first-order valence-electron chi connectivity index (χ1n) is 8.25. The van der Waals surface area contributed by atoms with Gasteiger partial charge < -0.3 is 15.4 Å². The molecule has 1 aromatic heterocycles. The summed E-state index contributed by atoms with van der Waals surface area (Å²) in [5.41, 5.74) is 1.08. The first-order chi connectivity index (χ1) is 11.9. The zero-order valence-corrected chi connectivity index (χ0v) is 15.0. The number of nitrogens with one attached hydrogen (secondary N) is 2. The van der Waals surface area contributed by atoms with E-state index in [1.165, 1.54) is 0 Å². The number of hydrogen-bond acceptors (Lipinski definition) is 4. The number of methoxy groups -OCH3 is 1. The molecule has 0 spiro atoms. The lowest BCUT2D eigenvalue weighted by Crippen LogP contribution is -2.28. The van der Waals surface area contributed by atoms with Gasteiger partial charge in [-0.25, -0.2) is 0 Å². The fourth-order valence-electron chi connectivity index (χ4n) is 2.16. The quantitative estimate of drug-likeness (QED) is 0.808. The molecule has 7 nitrogen and oxygen atoms in total. The largest absolute Gasteiger partial charge is 0.497 e. The Kier molecular flexibility index (Phi) is 6.16. The van der Waals surface area contributed by atoms with Crippen LogP contribution in [0.25, 0.3) is 0 Å². The second kappa shape index (κ2) is 8.32. The predicted octanol–water partition coefficient (Wildman–Crippen LogP) is 2.55. The number of nitrogens with zero attached hydrogens (tertiary/aromatic N) is 2. The number of benzene rings is 1. The predicted molar refractivity (Wildman–Crippen MR) is 96.0 cm³/mol. The van der Waals surface area contributed by atoms with Crippen LogP contribution in [-0.4, -0.2) is 35.2 Å². The van der Waals surface area contributed by atoms with Gasteiger partial charge in [-0.3, -0.25) is 14.3 Å². The molecule has 2 amide bonds. The van der Waals surface area contributed by atoms with Gasteiger partial charge >= 0.3 is 0 Å². The molecule has 0 fully saturated rings. The lowest BCUT2D eigenvalue weighted by molar-refractivity contribution is 0.0944. The molecule has 134 valence electrons. The van der Waals surface area contributed by atoms with Gasteiger partial charge in [0.1, 0.15) is 5.75 Å². The third kappa shape index (κ3) is 4.82. The van der Waals surface area contributed by atoms with Crippen molar-refractivity contribution >= 4 is 17.5 Å². The lowest BCUT2D eigenvalue weighted by Gasteiger charge is -2.08. The molecule has 0 saturated heterocycles. The maximum Gasteiger partial charge on any atom is 0.273 e. The van der Waals surface area contributed by atoms with E-state index in [1.54, 1.807) is 42.3 Å². The molecule has 0 unspecified atom stereocenters. The lowest BCUT2D eigenvalue weighted by atomic mass is 10.2. The minimum atomic E-state index is -0.309. The second-order valence-corrected chi connectivity index (χ2v) is 6.03. The van der Waals surface area contributed by atoms with Gasteiger partial charge in [0.25, 0.3) is 11.8 Å². The average molecular weight is 344 g/mol. The van der Waals surface area contributed by atoms with E-state index in [2.05, 4.69) is 15.7 Å². The molecular weight excluding hydrogens is 320 g/mol. The highest BCUT2D eigenvalue weighted by Gasteiger charge is 2.19. The van der Waals surface area contributed by atoms with E-state index in [-0.39, 0.29) is 17.5 Å². The second-order valence-electron chi connectivity index (χ2n) is 6.03. The van der Waals surface area contributed by atoms with Crippen molar-refractivity contribution in [1.82, 2.24) is 15.1 Å². The van der Waals surface area contributed by atoms with Crippen molar-refractivity contribution in [1.29, 1.82) is 0 Å². The van der Waals surface area contributed by atoms with E-state index < -0.39 is 0 Å². The number of aromatic nitrogens is 2. The number of hydrogen-bond donors (Lipinski definition) is 2. The Morgan fingerprint density at radius 2 is 1.88 bits per heavy atom. The number of amides is 2. The van der Waals surface area contributed by atoms with Gasteiger partial charge in [-0.1, -0.05) is 13.8 Å². The summed E-state index contributed by atoms with van der Waals surface area (Å²) in [5.74, 6) is 0.390. The number of carbonyl (C=O) groups excluding carboxylic acids is 2. The van der Waals surface area contributed by atoms with Crippen LogP contribution in [0.5, 0.6) is 5.75 Å². The first-order valence-corrected chi connectivity index (χ1v) is 8.25. The van der Waals surface area contributed by atoms with Crippen LogP contribution >= 0.6 is 0 Å². The fraction of sp³-hybridized carbons (Fsp3) is 0.389. The average Bonchev–Trinajstić information content (AvgIpc) is 3.02. The Balaban J connectivity index is 2.18. The molecule has 1 heterocycles. The summed E-state index contributed by atoms with van der Waals surface area (Å²) in [7, 11) is 1.57. The number of carbonyl (C=O) groups is 2. The molecule has 25 heavy (non-hydrogen) atoms. The van der Waals surface area contributed by atoms with Crippen molar-refractivity contribution in [2.75, 3.05) is 19.0 Å². The van der Waals surface area contributed by atoms with Crippen LogP contribution in [-0.2, 0) is 6.54 Å². The SMILES string of the molecule is CCn1cc(NC(=O)c2ccc(OC)cc2)c(C(=O)NCC(C)C)n1. The van der Waals surface area contributed by atoms with Gasteiger partial charge in [0.15, 0.2) is 5.69 Å². The van der Waals surface area contributed by atoms with Gasteiger partial charge in [-0.15, -0.1) is 0 Å². The van der Waals surface area contributed by atoms with Gasteiger partial charge in [0, 0.05) is 24.8 Å². The monoisotopic (exact) mass is 344 g/mol. The van der Waals surface area contributed by atoms with Gasteiger partial charge in [0.05, 0.1) is 12.8 Å². The number of ether oxygens (including phenoxy) is 1. The first kappa shape index (κ1) is 18.5. The summed E-state index contributed by atoms with van der Waals surface area (Å²) in [6, 6.07) is 6.75. The van der Waals surface area contributed by atoms with E-state index in [0.29, 0.717) is 36.0 Å². The van der Waals surface area contributed by atoms with Crippen molar-refractivity contribution in [3.8, 4) is 5.75 Å². The molecule has 0 bridgehead atoms. The molecule has 7 heteroatoms. The summed E-state index contributed by atoms with van der Waals surface area (Å²) in [6.07, 6.45) is 1.66. The molecule has 0 aliphatic carbocycles. The van der Waals surface area contributed by atoms with Crippen molar-refractivity contribution in [3.63, 3.8) is 0 Å². The fourth-order valence-corrected chi connectivity index (χ4v) is 2.16. The van der Waals surface area contributed by atoms with E-state index in [0.717, 1.165) is 0 Å². The van der Waals surface area contributed by atoms with Crippen LogP contribution in [0.1, 0.15) is 41.6 Å². The number of aryl methyl sites for hydroxylation is 1. The van der Waals surface area contributed by atoms with Gasteiger partial charge in [0.2, 0.25) is 0 Å². The van der Waals surface area contributed by atoms with Crippen molar-refractivity contribution in [3.05, 3.63) is 41.7 Å². The highest BCUT2D eigenvalue weighted by molar-refractivity contribution is 6.08. The molecule has 2 aromatic rings. The number of anilines is 1. The van der Waals surface area contributed by atoms with E-state index in [4.69, 9.17) is 4.74 Å². The third-order valence-corrected chi connectivity index (χ3v) is 3.57. The summed E-state index contributed by atoms with van der Waals surface area (Å²) in [5, 5.41) is 9.84. The van der Waals surface area contributed by atoms with Gasteiger partial charge in [-0.05, 0) is 37.1 Å². The van der Waals surface area contributed by atoms with Crippen LogP contribution in [0.15, 0.2) is 30.5 Å². The highest BCUT2D eigenvalue weighted by Crippen LogP contribution is 2.17. The molecule has 0 atom stereocenters. The van der Waals surface area contributed by atoms with E-state index in [9.17, 15) is 9.59 Å². The topological polar surface area (TPSA) is 85.2 Å². The minimum absolute atomic E-state index is 0.212. The van der Waals surface area contributed by atoms with Crippen molar-refractivity contribution < 1.29 is 14.3 Å². The van der Waals surface area contributed by atoms with E-state index in [1.807, 2.05) is 20.8 Å². The molecule has 0 aliphatic heterocycles. The highest BCUT2D eigenvalue weighted by atomic mass is 16.5. The van der Waals surface area contributed by atoms with Crippen LogP contribution in [0.3, 0.4) is 0 Å². The Labute approximate surface area is 147 Å². The molecule has 0 saturated carbocycles. The minimum Gasteiger partial charge on any atom is -0.497 e. The van der Waals surface area contributed by atoms with Gasteiger partial charge in [-0.2, -0.15) is 5.10 Å². The Morgan fingerprint density at radius 1 is 1.20 bits per heavy atom. The summed E-state index contributed by atoms with van der Waals surface area (Å²) in [6.45, 7) is 7.08. The zero-order valence-electron chi connectivity index (χ0n) is 15.0. The summed E-state index contributed by atoms with van der Waals surface area (Å²) >= 11 is 0. The van der Waals surface area contributed by atoms with Crippen LogP contribution in [0.2, 0.25) is 0 Å². The molecule has 0 aliphatic rings. The maximum atomic E-state index is 12.4. The third-order valence-electron chi connectivity index (χ3n) is 3.57. The van der Waals surface area contributed by atoms with E-state index >= 15 is 0 Å². The molecular formula is C18H24N4O3. The zero-order chi connectivity index (χ0) is 18.4. The standard InChI is InChI=1S/C18H24N4O3/c1-5-22-11-15(16(21-22)18(24)19-10-12(2)3)20-17(23)13-6-8-14(25-4)9-7-13/h6-9,11-12H,5,10H2,1-4H3,(H,19,24)(H,20,23). The number of rotatable bonds is 7. The van der Waals surface area contributed by atoms with Crippen LogP contribution in [0.4, 0.5) is 5.69 Å². The summed E-state index contributed by atoms with van der Waals surface area (Å²) < 4.78 is 6.70.